The molecule has 0 bridgehead atoms. The summed E-state index contributed by atoms with van der Waals surface area (Å²) in [6.45, 7) is 4.96. The van der Waals surface area contributed by atoms with Crippen LogP contribution in [0.15, 0.2) is 0 Å². The van der Waals surface area contributed by atoms with Gasteiger partial charge in [0.2, 0.25) is 10.0 Å². The number of hydrogen-bond donors (Lipinski definition) is 1. The number of likely N-dealkylation sites (tertiary alicyclic amines) is 1. The second kappa shape index (κ2) is 8.46. The molecule has 2 rings (SSSR count). The van der Waals surface area contributed by atoms with Crippen LogP contribution in [0, 0.1) is 5.92 Å². The first-order valence-electron chi connectivity index (χ1n) is 8.30. The average molecular weight is 318 g/mol. The predicted molar refractivity (Wildman–Crippen MR) is 84.8 cm³/mol. The molecule has 5 nitrogen and oxygen atoms in total. The van der Waals surface area contributed by atoms with Crippen molar-refractivity contribution in [3.8, 4) is 0 Å². The lowest BCUT2D eigenvalue weighted by molar-refractivity contribution is 0.0627. The Labute approximate surface area is 129 Å². The summed E-state index contributed by atoms with van der Waals surface area (Å²) < 4.78 is 30.7. The molecule has 1 N–H and O–H groups in total. The normalized spacial score (nSPS) is 26.0. The molecule has 2 heterocycles. The first kappa shape index (κ1) is 17.2. The maximum atomic E-state index is 11.3. The lowest BCUT2D eigenvalue weighted by Crippen LogP contribution is -2.47. The van der Waals surface area contributed by atoms with Crippen molar-refractivity contribution in [2.75, 3.05) is 39.1 Å². The van der Waals surface area contributed by atoms with Crippen LogP contribution in [0.2, 0.25) is 0 Å². The molecular formula is C15H30N2O3S. The largest absolute Gasteiger partial charge is 0.381 e. The summed E-state index contributed by atoms with van der Waals surface area (Å²) in [6, 6.07) is 0.101. The molecule has 2 saturated heterocycles. The van der Waals surface area contributed by atoms with E-state index in [1.807, 2.05) is 0 Å². The number of unbranched alkanes of at least 4 members (excludes halogenated alkanes) is 1. The number of nitrogens with zero attached hydrogens (tertiary/aromatic N) is 1. The van der Waals surface area contributed by atoms with Gasteiger partial charge in [0.05, 0.1) is 6.26 Å². The summed E-state index contributed by atoms with van der Waals surface area (Å²) >= 11 is 0. The molecule has 0 spiro atoms. The van der Waals surface area contributed by atoms with E-state index in [9.17, 15) is 8.42 Å². The zero-order chi connectivity index (χ0) is 15.1. The van der Waals surface area contributed by atoms with E-state index in [2.05, 4.69) is 9.62 Å². The Kier molecular flexibility index (Phi) is 6.92. The standard InChI is InChI=1S/C15H30N2O3S/c1-21(18,19)16-15-6-4-10-17(13-15)9-3-2-5-14-7-11-20-12-8-14/h14-16H,2-13H2,1H3/t15-/m1/s1. The first-order valence-corrected chi connectivity index (χ1v) is 10.2. The highest BCUT2D eigenvalue weighted by atomic mass is 32.2. The molecule has 0 aromatic rings. The van der Waals surface area contributed by atoms with Crippen LogP contribution in [0.4, 0.5) is 0 Å². The lowest BCUT2D eigenvalue weighted by atomic mass is 9.94. The van der Waals surface area contributed by atoms with Crippen molar-refractivity contribution in [3.63, 3.8) is 0 Å². The molecule has 0 amide bonds. The number of nitrogens with one attached hydrogen (secondary N) is 1. The molecule has 0 aliphatic carbocycles. The molecule has 21 heavy (non-hydrogen) atoms. The van der Waals surface area contributed by atoms with Gasteiger partial charge in [-0.1, -0.05) is 12.8 Å². The van der Waals surface area contributed by atoms with Crippen LogP contribution in [0.25, 0.3) is 0 Å². The van der Waals surface area contributed by atoms with Crippen molar-refractivity contribution < 1.29 is 13.2 Å². The van der Waals surface area contributed by atoms with Crippen LogP contribution >= 0.6 is 0 Å². The monoisotopic (exact) mass is 318 g/mol. The molecule has 1 atom stereocenters. The van der Waals surface area contributed by atoms with Crippen LogP contribution in [0.1, 0.15) is 44.9 Å². The fourth-order valence-electron chi connectivity index (χ4n) is 3.46. The number of ether oxygens (including phenoxy) is 1. The summed E-state index contributed by atoms with van der Waals surface area (Å²) in [6.07, 6.45) is 9.59. The van der Waals surface area contributed by atoms with Crippen molar-refractivity contribution in [3.05, 3.63) is 0 Å². The molecule has 124 valence electrons. The molecule has 2 aliphatic heterocycles. The van der Waals surface area contributed by atoms with Gasteiger partial charge in [-0.3, -0.25) is 0 Å². The predicted octanol–water partition coefficient (Wildman–Crippen LogP) is 1.60. The number of hydrogen-bond acceptors (Lipinski definition) is 4. The Morgan fingerprint density at radius 1 is 1.19 bits per heavy atom. The summed E-state index contributed by atoms with van der Waals surface area (Å²) in [5.74, 6) is 0.861. The highest BCUT2D eigenvalue weighted by Gasteiger charge is 2.22. The van der Waals surface area contributed by atoms with Gasteiger partial charge in [-0.2, -0.15) is 0 Å². The highest BCUT2D eigenvalue weighted by Crippen LogP contribution is 2.21. The molecule has 0 aromatic heterocycles. The van der Waals surface area contributed by atoms with Crippen molar-refractivity contribution in [1.29, 1.82) is 0 Å². The van der Waals surface area contributed by atoms with E-state index in [0.717, 1.165) is 51.6 Å². The Bertz CT molecular complexity index is 394. The van der Waals surface area contributed by atoms with Crippen molar-refractivity contribution in [1.82, 2.24) is 9.62 Å². The van der Waals surface area contributed by atoms with Gasteiger partial charge >= 0.3 is 0 Å². The SMILES string of the molecule is CS(=O)(=O)N[C@@H]1CCCN(CCCCC2CCOCC2)C1. The zero-order valence-corrected chi connectivity index (χ0v) is 14.0. The number of rotatable bonds is 7. The molecular weight excluding hydrogens is 288 g/mol. The Hall–Kier alpha value is -0.170. The number of piperidine rings is 1. The third kappa shape index (κ3) is 7.08. The minimum absolute atomic E-state index is 0.101. The smallest absolute Gasteiger partial charge is 0.208 e. The van der Waals surface area contributed by atoms with Gasteiger partial charge in [0.25, 0.3) is 0 Å². The van der Waals surface area contributed by atoms with Gasteiger partial charge in [0.15, 0.2) is 0 Å². The average Bonchev–Trinajstić information content (AvgIpc) is 2.43. The first-order chi connectivity index (χ1) is 10.0. The molecule has 0 saturated carbocycles. The molecule has 0 unspecified atom stereocenters. The molecule has 2 fully saturated rings. The van der Waals surface area contributed by atoms with Crippen LogP contribution in [0.3, 0.4) is 0 Å². The zero-order valence-electron chi connectivity index (χ0n) is 13.2. The third-order valence-corrected chi connectivity index (χ3v) is 5.33. The van der Waals surface area contributed by atoms with Gasteiger partial charge in [-0.25, -0.2) is 13.1 Å². The van der Waals surface area contributed by atoms with E-state index in [-0.39, 0.29) is 6.04 Å². The molecule has 6 heteroatoms. The number of sulfonamides is 1. The minimum Gasteiger partial charge on any atom is -0.381 e. The minimum atomic E-state index is -3.08. The molecule has 0 radical (unpaired) electrons. The van der Waals surface area contributed by atoms with Crippen LogP contribution in [-0.4, -0.2) is 58.5 Å². The van der Waals surface area contributed by atoms with E-state index in [0.29, 0.717) is 0 Å². The van der Waals surface area contributed by atoms with Crippen molar-refractivity contribution in [2.24, 2.45) is 5.92 Å². The maximum absolute atomic E-state index is 11.3. The van der Waals surface area contributed by atoms with Crippen molar-refractivity contribution >= 4 is 10.0 Å². The van der Waals surface area contributed by atoms with Crippen molar-refractivity contribution in [2.45, 2.75) is 51.0 Å². The van der Waals surface area contributed by atoms with E-state index in [1.54, 1.807) is 0 Å². The Morgan fingerprint density at radius 2 is 1.95 bits per heavy atom. The third-order valence-electron chi connectivity index (χ3n) is 4.56. The quantitative estimate of drug-likeness (QED) is 0.724. The van der Waals surface area contributed by atoms with Gasteiger partial charge in [-0.05, 0) is 51.1 Å². The Balaban J connectivity index is 1.59. The van der Waals surface area contributed by atoms with Gasteiger partial charge in [0.1, 0.15) is 0 Å². The molecule has 2 aliphatic rings. The summed E-state index contributed by atoms with van der Waals surface area (Å²) in [4.78, 5) is 2.41. The molecule has 0 aromatic carbocycles. The van der Waals surface area contributed by atoms with E-state index in [1.165, 1.54) is 38.4 Å². The van der Waals surface area contributed by atoms with Crippen LogP contribution in [-0.2, 0) is 14.8 Å². The van der Waals surface area contributed by atoms with Crippen LogP contribution < -0.4 is 4.72 Å². The summed E-state index contributed by atoms with van der Waals surface area (Å²) in [5.41, 5.74) is 0. The van der Waals surface area contributed by atoms with E-state index >= 15 is 0 Å². The van der Waals surface area contributed by atoms with E-state index < -0.39 is 10.0 Å². The topological polar surface area (TPSA) is 58.6 Å². The fraction of sp³-hybridized carbons (Fsp3) is 1.00. The fourth-order valence-corrected chi connectivity index (χ4v) is 4.26. The second-order valence-corrected chi connectivity index (χ2v) is 8.36. The second-order valence-electron chi connectivity index (χ2n) is 6.58. The summed E-state index contributed by atoms with van der Waals surface area (Å²) in [5, 5.41) is 0. The van der Waals surface area contributed by atoms with Gasteiger partial charge in [0, 0.05) is 25.8 Å². The lowest BCUT2D eigenvalue weighted by Gasteiger charge is -2.32. The summed E-state index contributed by atoms with van der Waals surface area (Å²) in [7, 11) is -3.08. The van der Waals surface area contributed by atoms with E-state index in [4.69, 9.17) is 4.74 Å². The Morgan fingerprint density at radius 3 is 2.67 bits per heavy atom. The van der Waals surface area contributed by atoms with Crippen LogP contribution in [0.5, 0.6) is 0 Å². The maximum Gasteiger partial charge on any atom is 0.208 e. The highest BCUT2D eigenvalue weighted by molar-refractivity contribution is 7.88. The van der Waals surface area contributed by atoms with Gasteiger partial charge in [-0.15, -0.1) is 0 Å². The van der Waals surface area contributed by atoms with Gasteiger partial charge < -0.3 is 9.64 Å².